The van der Waals surface area contributed by atoms with Crippen molar-refractivity contribution in [2.75, 3.05) is 11.4 Å². The first-order valence-corrected chi connectivity index (χ1v) is 9.59. The lowest BCUT2D eigenvalue weighted by Crippen LogP contribution is -2.39. The van der Waals surface area contributed by atoms with Crippen LogP contribution >= 0.6 is 0 Å². The van der Waals surface area contributed by atoms with Crippen molar-refractivity contribution < 1.29 is 9.59 Å². The van der Waals surface area contributed by atoms with Crippen LogP contribution in [0.2, 0.25) is 0 Å². The summed E-state index contributed by atoms with van der Waals surface area (Å²) in [4.78, 5) is 25.9. The highest BCUT2D eigenvalue weighted by molar-refractivity contribution is 5.95. The Morgan fingerprint density at radius 3 is 2.52 bits per heavy atom. The van der Waals surface area contributed by atoms with Crippen LogP contribution in [0, 0.1) is 5.92 Å². The van der Waals surface area contributed by atoms with Gasteiger partial charge >= 0.3 is 0 Å². The lowest BCUT2D eigenvalue weighted by Gasteiger charge is -2.28. The van der Waals surface area contributed by atoms with Crippen LogP contribution in [0.4, 0.5) is 5.69 Å². The largest absolute Gasteiger partial charge is 0.352 e. The molecule has 3 fully saturated rings. The molecule has 0 aromatic heterocycles. The second-order valence-corrected chi connectivity index (χ2v) is 7.77. The monoisotopic (exact) mass is 341 g/mol. The predicted octanol–water partition coefficient (Wildman–Crippen LogP) is 2.35. The molecular formula is C20H27N3O2. The summed E-state index contributed by atoms with van der Waals surface area (Å²) in [6, 6.07) is 9.25. The molecule has 5 nitrogen and oxygen atoms in total. The molecule has 0 radical (unpaired) electrons. The van der Waals surface area contributed by atoms with Crippen molar-refractivity contribution in [2.24, 2.45) is 5.92 Å². The van der Waals surface area contributed by atoms with E-state index in [1.807, 2.05) is 29.2 Å². The summed E-state index contributed by atoms with van der Waals surface area (Å²) in [5.74, 6) is 0.893. The number of rotatable bonds is 5. The van der Waals surface area contributed by atoms with Gasteiger partial charge in [-0.2, -0.15) is 0 Å². The number of anilines is 1. The quantitative estimate of drug-likeness (QED) is 0.864. The smallest absolute Gasteiger partial charge is 0.227 e. The summed E-state index contributed by atoms with van der Waals surface area (Å²) in [5, 5.41) is 6.68. The van der Waals surface area contributed by atoms with E-state index < -0.39 is 0 Å². The molecule has 3 heterocycles. The Hall–Kier alpha value is -1.88. The molecule has 2 unspecified atom stereocenters. The fourth-order valence-electron chi connectivity index (χ4n) is 4.59. The maximum absolute atomic E-state index is 12.3. The highest BCUT2D eigenvalue weighted by Gasteiger charge is 2.34. The Morgan fingerprint density at radius 1 is 1.16 bits per heavy atom. The molecule has 0 spiro atoms. The first-order chi connectivity index (χ1) is 12.2. The van der Waals surface area contributed by atoms with Crippen molar-refractivity contribution in [3.05, 3.63) is 29.8 Å². The number of nitrogens with one attached hydrogen (secondary N) is 2. The third kappa shape index (κ3) is 3.87. The average molecular weight is 341 g/mol. The van der Waals surface area contributed by atoms with Gasteiger partial charge in [-0.15, -0.1) is 0 Å². The minimum absolute atomic E-state index is 0.157. The standard InChI is InChI=1S/C20H27N3O2/c24-19(12-15-10-16-5-6-17(11-15)22-16)21-13-14-3-7-18(8-4-14)23-9-1-2-20(23)25/h3-4,7-8,15-17,22H,1-2,5-6,9-13H2,(H,21,24). The molecule has 2 N–H and O–H groups in total. The molecule has 3 saturated heterocycles. The first-order valence-electron chi connectivity index (χ1n) is 9.59. The van der Waals surface area contributed by atoms with E-state index in [2.05, 4.69) is 10.6 Å². The van der Waals surface area contributed by atoms with Gasteiger partial charge < -0.3 is 15.5 Å². The van der Waals surface area contributed by atoms with Crippen molar-refractivity contribution in [1.29, 1.82) is 0 Å². The molecular weight excluding hydrogens is 314 g/mol. The molecule has 2 bridgehead atoms. The number of hydrogen-bond donors (Lipinski definition) is 2. The zero-order valence-electron chi connectivity index (χ0n) is 14.7. The van der Waals surface area contributed by atoms with Gasteiger partial charge in [0.15, 0.2) is 0 Å². The summed E-state index contributed by atoms with van der Waals surface area (Å²) >= 11 is 0. The Kier molecular flexibility index (Phi) is 4.75. The van der Waals surface area contributed by atoms with Crippen LogP contribution in [0.15, 0.2) is 24.3 Å². The lowest BCUT2D eigenvalue weighted by molar-refractivity contribution is -0.122. The van der Waals surface area contributed by atoms with Crippen molar-refractivity contribution in [3.63, 3.8) is 0 Å². The Labute approximate surface area is 149 Å². The maximum Gasteiger partial charge on any atom is 0.227 e. The second kappa shape index (κ2) is 7.16. The van der Waals surface area contributed by atoms with Crippen LogP contribution in [0.5, 0.6) is 0 Å². The van der Waals surface area contributed by atoms with E-state index >= 15 is 0 Å². The van der Waals surface area contributed by atoms with Crippen LogP contribution in [0.1, 0.15) is 50.5 Å². The molecule has 134 valence electrons. The fourth-order valence-corrected chi connectivity index (χ4v) is 4.59. The van der Waals surface area contributed by atoms with Crippen LogP contribution in [0.25, 0.3) is 0 Å². The van der Waals surface area contributed by atoms with Gasteiger partial charge in [0.2, 0.25) is 11.8 Å². The molecule has 2 amide bonds. The molecule has 0 aliphatic carbocycles. The number of piperidine rings is 1. The van der Waals surface area contributed by atoms with Crippen LogP contribution < -0.4 is 15.5 Å². The van der Waals surface area contributed by atoms with Crippen molar-refractivity contribution in [3.8, 4) is 0 Å². The zero-order valence-corrected chi connectivity index (χ0v) is 14.7. The number of nitrogens with zero attached hydrogens (tertiary/aromatic N) is 1. The summed E-state index contributed by atoms with van der Waals surface area (Å²) in [7, 11) is 0. The number of carbonyl (C=O) groups is 2. The average Bonchev–Trinajstić information content (AvgIpc) is 3.19. The number of amides is 2. The highest BCUT2D eigenvalue weighted by Crippen LogP contribution is 2.32. The second-order valence-electron chi connectivity index (χ2n) is 7.77. The summed E-state index contributed by atoms with van der Waals surface area (Å²) in [5.41, 5.74) is 2.04. The Morgan fingerprint density at radius 2 is 1.88 bits per heavy atom. The van der Waals surface area contributed by atoms with Gasteiger partial charge in [-0.25, -0.2) is 0 Å². The minimum atomic E-state index is 0.157. The molecule has 3 aliphatic heterocycles. The molecule has 1 aromatic carbocycles. The molecule has 25 heavy (non-hydrogen) atoms. The topological polar surface area (TPSA) is 61.4 Å². The normalized spacial score (nSPS) is 28.4. The third-order valence-electron chi connectivity index (χ3n) is 5.86. The number of benzene rings is 1. The van der Waals surface area contributed by atoms with E-state index in [1.54, 1.807) is 0 Å². The van der Waals surface area contributed by atoms with E-state index in [1.165, 1.54) is 12.8 Å². The van der Waals surface area contributed by atoms with Gasteiger partial charge in [0.25, 0.3) is 0 Å². The van der Waals surface area contributed by atoms with Crippen LogP contribution in [0.3, 0.4) is 0 Å². The summed E-state index contributed by atoms with van der Waals surface area (Å²) < 4.78 is 0. The van der Waals surface area contributed by atoms with E-state index in [-0.39, 0.29) is 11.8 Å². The minimum Gasteiger partial charge on any atom is -0.352 e. The van der Waals surface area contributed by atoms with E-state index in [0.29, 0.717) is 37.4 Å². The lowest BCUT2D eigenvalue weighted by atomic mass is 9.89. The van der Waals surface area contributed by atoms with Gasteiger partial charge in [-0.3, -0.25) is 9.59 Å². The van der Waals surface area contributed by atoms with Crippen molar-refractivity contribution in [2.45, 2.75) is 63.6 Å². The van der Waals surface area contributed by atoms with Gasteiger partial charge in [-0.05, 0) is 55.7 Å². The first kappa shape index (κ1) is 16.6. The maximum atomic E-state index is 12.3. The van der Waals surface area contributed by atoms with Gasteiger partial charge in [-0.1, -0.05) is 12.1 Å². The highest BCUT2D eigenvalue weighted by atomic mass is 16.2. The Balaban J connectivity index is 1.25. The van der Waals surface area contributed by atoms with Gasteiger partial charge in [0.05, 0.1) is 0 Å². The number of carbonyl (C=O) groups excluding carboxylic acids is 2. The summed E-state index contributed by atoms with van der Waals surface area (Å²) in [6.07, 6.45) is 7.06. The molecule has 1 aromatic rings. The van der Waals surface area contributed by atoms with Crippen LogP contribution in [-0.4, -0.2) is 30.4 Å². The zero-order chi connectivity index (χ0) is 17.2. The predicted molar refractivity (Wildman–Crippen MR) is 97.2 cm³/mol. The molecule has 0 saturated carbocycles. The molecule has 4 rings (SSSR count). The van der Waals surface area contributed by atoms with E-state index in [4.69, 9.17) is 0 Å². The third-order valence-corrected chi connectivity index (χ3v) is 5.86. The molecule has 3 aliphatic rings. The van der Waals surface area contributed by atoms with E-state index in [9.17, 15) is 9.59 Å². The SMILES string of the molecule is O=C(CC1CC2CCC(C1)N2)NCc1ccc(N2CCCC2=O)cc1. The Bertz CT molecular complexity index is 631. The molecule has 2 atom stereocenters. The van der Waals surface area contributed by atoms with Gasteiger partial charge in [0, 0.05) is 43.7 Å². The fraction of sp³-hybridized carbons (Fsp3) is 0.600. The van der Waals surface area contributed by atoms with E-state index in [0.717, 1.165) is 37.1 Å². The van der Waals surface area contributed by atoms with Crippen molar-refractivity contribution >= 4 is 17.5 Å². The van der Waals surface area contributed by atoms with Crippen LogP contribution in [-0.2, 0) is 16.1 Å². The number of hydrogen-bond acceptors (Lipinski definition) is 3. The number of fused-ring (bicyclic) bond motifs is 2. The molecule has 5 heteroatoms. The van der Waals surface area contributed by atoms with Gasteiger partial charge in [0.1, 0.15) is 0 Å². The van der Waals surface area contributed by atoms with Crippen molar-refractivity contribution in [1.82, 2.24) is 10.6 Å². The summed E-state index contributed by atoms with van der Waals surface area (Å²) in [6.45, 7) is 1.37.